The average molecular weight is 450 g/mol. The van der Waals surface area contributed by atoms with Crippen molar-refractivity contribution < 1.29 is 33.6 Å². The van der Waals surface area contributed by atoms with Crippen molar-refractivity contribution in [3.05, 3.63) is 12.7 Å². The molecule has 0 aliphatic carbocycles. The van der Waals surface area contributed by atoms with Gasteiger partial charge < -0.3 is 24.1 Å². The lowest BCUT2D eigenvalue weighted by Gasteiger charge is -2.22. The van der Waals surface area contributed by atoms with Gasteiger partial charge in [-0.05, 0) is 12.8 Å². The van der Waals surface area contributed by atoms with Gasteiger partial charge >= 0.3 is 11.9 Å². The Balaban J connectivity index is 1.82. The summed E-state index contributed by atoms with van der Waals surface area (Å²) in [4.78, 5) is 36.8. The molecule has 3 rings (SSSR count). The lowest BCUT2D eigenvalue weighted by atomic mass is 10.1. The maximum Gasteiger partial charge on any atom is 0.306 e. The number of aliphatic hydroxyl groups is 1. The number of rotatable bonds is 11. The number of carbonyl (C=O) groups excluding carboxylic acids is 2. The highest BCUT2D eigenvalue weighted by atomic mass is 16.6. The molecule has 0 saturated carbocycles. The van der Waals surface area contributed by atoms with Crippen molar-refractivity contribution in [1.29, 1.82) is 0 Å². The van der Waals surface area contributed by atoms with Gasteiger partial charge in [-0.25, -0.2) is 9.97 Å². The molecule has 0 spiro atoms. The fraction of sp³-hybridized carbons (Fsp3) is 0.667. The molecule has 0 unspecified atom stereocenters. The number of nitrogens with zero attached hydrogens (tertiary/aromatic N) is 4. The van der Waals surface area contributed by atoms with E-state index in [1.807, 2.05) is 13.8 Å². The van der Waals surface area contributed by atoms with Gasteiger partial charge in [0, 0.05) is 12.8 Å². The fourth-order valence-corrected chi connectivity index (χ4v) is 3.47. The van der Waals surface area contributed by atoms with Crippen LogP contribution in [-0.4, -0.2) is 68.6 Å². The first-order chi connectivity index (χ1) is 15.5. The summed E-state index contributed by atoms with van der Waals surface area (Å²) < 4.78 is 23.6. The Morgan fingerprint density at radius 3 is 2.53 bits per heavy atom. The Labute approximate surface area is 186 Å². The zero-order valence-corrected chi connectivity index (χ0v) is 18.6. The minimum atomic E-state index is -1.20. The predicted octanol–water partition coefficient (Wildman–Crippen LogP) is 1.93. The zero-order chi connectivity index (χ0) is 23.1. The first-order valence-corrected chi connectivity index (χ1v) is 10.9. The summed E-state index contributed by atoms with van der Waals surface area (Å²) in [6.45, 7) is 3.79. The molecule has 1 aliphatic rings. The van der Waals surface area contributed by atoms with Gasteiger partial charge in [-0.1, -0.05) is 26.7 Å². The predicted molar refractivity (Wildman–Crippen MR) is 112 cm³/mol. The van der Waals surface area contributed by atoms with Crippen LogP contribution in [-0.2, 0) is 23.8 Å². The van der Waals surface area contributed by atoms with Crippen LogP contribution in [0, 0.1) is 0 Å². The molecule has 0 bridgehead atoms. The highest BCUT2D eigenvalue weighted by Crippen LogP contribution is 2.35. The Kier molecular flexibility index (Phi) is 8.34. The van der Waals surface area contributed by atoms with Crippen molar-refractivity contribution in [2.45, 2.75) is 76.9 Å². The van der Waals surface area contributed by atoms with Gasteiger partial charge in [0.1, 0.15) is 25.1 Å². The van der Waals surface area contributed by atoms with Crippen LogP contribution in [0.5, 0.6) is 5.88 Å². The van der Waals surface area contributed by atoms with Gasteiger partial charge in [0.15, 0.2) is 23.5 Å². The van der Waals surface area contributed by atoms with E-state index in [1.54, 1.807) is 4.57 Å². The minimum Gasteiger partial charge on any atom is -0.479 e. The van der Waals surface area contributed by atoms with Crippen LogP contribution in [0.25, 0.3) is 11.2 Å². The Bertz CT molecular complexity index is 919. The molecule has 0 amide bonds. The van der Waals surface area contributed by atoms with Crippen molar-refractivity contribution in [2.75, 3.05) is 13.7 Å². The largest absolute Gasteiger partial charge is 0.479 e. The van der Waals surface area contributed by atoms with E-state index in [4.69, 9.17) is 18.9 Å². The highest BCUT2D eigenvalue weighted by molar-refractivity contribution is 5.76. The van der Waals surface area contributed by atoms with Gasteiger partial charge in [0.05, 0.1) is 13.4 Å². The van der Waals surface area contributed by atoms with Crippen molar-refractivity contribution in [3.8, 4) is 5.88 Å². The Hall–Kier alpha value is -2.79. The first-order valence-electron chi connectivity index (χ1n) is 10.9. The molecule has 2 aromatic heterocycles. The van der Waals surface area contributed by atoms with Crippen LogP contribution in [0.1, 0.15) is 58.6 Å². The van der Waals surface area contributed by atoms with E-state index in [2.05, 4.69) is 15.0 Å². The van der Waals surface area contributed by atoms with E-state index in [1.165, 1.54) is 19.8 Å². The number of esters is 2. The second kappa shape index (κ2) is 11.2. The van der Waals surface area contributed by atoms with Gasteiger partial charge in [-0.15, -0.1) is 0 Å². The van der Waals surface area contributed by atoms with Gasteiger partial charge in [0.25, 0.3) is 0 Å². The number of fused-ring (bicyclic) bond motifs is 1. The van der Waals surface area contributed by atoms with E-state index in [0.29, 0.717) is 24.0 Å². The van der Waals surface area contributed by atoms with Crippen LogP contribution in [0.15, 0.2) is 12.7 Å². The number of hydrogen-bond donors (Lipinski definition) is 1. The summed E-state index contributed by atoms with van der Waals surface area (Å²) in [5.41, 5.74) is 0.794. The molecule has 11 heteroatoms. The number of hydrogen-bond acceptors (Lipinski definition) is 10. The summed E-state index contributed by atoms with van der Waals surface area (Å²) in [6, 6.07) is 0. The summed E-state index contributed by atoms with van der Waals surface area (Å²) in [5, 5.41) is 10.9. The molecule has 2 aromatic rings. The zero-order valence-electron chi connectivity index (χ0n) is 18.6. The summed E-state index contributed by atoms with van der Waals surface area (Å²) >= 11 is 0. The minimum absolute atomic E-state index is 0.159. The molecular formula is C21H30N4O7. The normalized spacial score (nSPS) is 22.8. The molecule has 0 radical (unpaired) electrons. The van der Waals surface area contributed by atoms with Gasteiger partial charge in [0.2, 0.25) is 5.88 Å². The molecule has 1 saturated heterocycles. The third kappa shape index (κ3) is 5.33. The quantitative estimate of drug-likeness (QED) is 0.506. The van der Waals surface area contributed by atoms with Crippen molar-refractivity contribution >= 4 is 23.1 Å². The molecule has 0 aromatic carbocycles. The van der Waals surface area contributed by atoms with Crippen molar-refractivity contribution in [3.63, 3.8) is 0 Å². The molecule has 4 atom stereocenters. The summed E-state index contributed by atoms with van der Waals surface area (Å²) in [6.07, 6.45) is 2.36. The summed E-state index contributed by atoms with van der Waals surface area (Å²) in [7, 11) is 1.47. The molecule has 32 heavy (non-hydrogen) atoms. The van der Waals surface area contributed by atoms with Gasteiger partial charge in [-0.2, -0.15) is 4.98 Å². The molecular weight excluding hydrogens is 420 g/mol. The molecule has 1 fully saturated rings. The van der Waals surface area contributed by atoms with Gasteiger partial charge in [-0.3, -0.25) is 14.2 Å². The molecule has 3 heterocycles. The molecule has 176 valence electrons. The Morgan fingerprint density at radius 2 is 1.84 bits per heavy atom. The maximum atomic E-state index is 12.3. The Morgan fingerprint density at radius 1 is 1.12 bits per heavy atom. The smallest absolute Gasteiger partial charge is 0.306 e. The van der Waals surface area contributed by atoms with E-state index < -0.39 is 30.5 Å². The second-order valence-electron chi connectivity index (χ2n) is 7.61. The summed E-state index contributed by atoms with van der Waals surface area (Å²) in [5.74, 6) is -0.528. The number of imidazole rings is 1. The molecule has 11 nitrogen and oxygen atoms in total. The van der Waals surface area contributed by atoms with E-state index in [9.17, 15) is 14.7 Å². The number of unbranched alkanes of at least 4 members (excludes halogenated alkanes) is 2. The standard InChI is InChI=1S/C21H30N4O7/c1-4-6-8-14(26)30-10-13-17(28)18(32-15(27)9-7-5-2)21(31-13)25-12-24-16-19(25)22-11-23-20(16)29-3/h11-13,17-18,21,28H,4-10H2,1-3H3/t13-,17-,18+,21-/m1/s1. The van der Waals surface area contributed by atoms with Crippen LogP contribution < -0.4 is 4.74 Å². The average Bonchev–Trinajstić information content (AvgIpc) is 3.36. The molecule has 1 N–H and O–H groups in total. The number of aromatic nitrogens is 4. The highest BCUT2D eigenvalue weighted by Gasteiger charge is 2.48. The third-order valence-electron chi connectivity index (χ3n) is 5.25. The maximum absolute atomic E-state index is 12.3. The van der Waals surface area contributed by atoms with Crippen LogP contribution in [0.2, 0.25) is 0 Å². The van der Waals surface area contributed by atoms with E-state index in [0.717, 1.165) is 19.3 Å². The first kappa shape index (κ1) is 23.9. The second-order valence-corrected chi connectivity index (χ2v) is 7.61. The molecule has 1 aliphatic heterocycles. The number of ether oxygens (including phenoxy) is 4. The monoisotopic (exact) mass is 450 g/mol. The van der Waals surface area contributed by atoms with E-state index >= 15 is 0 Å². The van der Waals surface area contributed by atoms with E-state index in [-0.39, 0.29) is 24.9 Å². The fourth-order valence-electron chi connectivity index (χ4n) is 3.47. The topological polar surface area (TPSA) is 135 Å². The van der Waals surface area contributed by atoms with Crippen LogP contribution in [0.4, 0.5) is 0 Å². The van der Waals surface area contributed by atoms with Crippen LogP contribution in [0.3, 0.4) is 0 Å². The van der Waals surface area contributed by atoms with Crippen LogP contribution >= 0.6 is 0 Å². The number of aliphatic hydroxyl groups excluding tert-OH is 1. The number of carbonyl (C=O) groups is 2. The number of methoxy groups -OCH3 is 1. The lowest BCUT2D eigenvalue weighted by Crippen LogP contribution is -2.37. The van der Waals surface area contributed by atoms with Crippen molar-refractivity contribution in [2.24, 2.45) is 0 Å². The lowest BCUT2D eigenvalue weighted by molar-refractivity contribution is -0.158. The third-order valence-corrected chi connectivity index (χ3v) is 5.25. The SMILES string of the molecule is CCCCC(=O)OC[C@H]1O[C@@H](n2cnc3c(OC)ncnc32)[C@@H](OC(=O)CCCC)[C@@H]1O. The van der Waals surface area contributed by atoms with Crippen molar-refractivity contribution in [1.82, 2.24) is 19.5 Å².